The molecule has 1 rings (SSSR count). The molecule has 0 saturated carbocycles. The molecule has 0 heterocycles. The van der Waals surface area contributed by atoms with Crippen LogP contribution in [-0.2, 0) is 4.74 Å². The van der Waals surface area contributed by atoms with E-state index in [-0.39, 0.29) is 12.1 Å². The van der Waals surface area contributed by atoms with Gasteiger partial charge >= 0.3 is 0 Å². The lowest BCUT2D eigenvalue weighted by Gasteiger charge is -2.18. The number of nitrogens with two attached hydrogens (primary N) is 1. The molecular formula is C12H19NO2. The Hall–Kier alpha value is -1.06. The largest absolute Gasteiger partial charge is 0.488 e. The van der Waals surface area contributed by atoms with Crippen molar-refractivity contribution < 1.29 is 9.47 Å². The van der Waals surface area contributed by atoms with E-state index in [1.807, 2.05) is 38.1 Å². The maximum absolute atomic E-state index is 5.85. The first-order chi connectivity index (χ1) is 7.15. The van der Waals surface area contributed by atoms with Crippen molar-refractivity contribution in [3.63, 3.8) is 0 Å². The second-order valence-electron chi connectivity index (χ2n) is 3.71. The molecule has 2 atom stereocenters. The summed E-state index contributed by atoms with van der Waals surface area (Å²) >= 11 is 0. The third-order valence-electron chi connectivity index (χ3n) is 2.14. The Morgan fingerprint density at radius 3 is 2.53 bits per heavy atom. The predicted molar refractivity (Wildman–Crippen MR) is 61.0 cm³/mol. The Bertz CT molecular complexity index is 299. The normalized spacial score (nSPS) is 14.7. The Kier molecular flexibility index (Phi) is 4.59. The molecule has 1 aromatic rings. The van der Waals surface area contributed by atoms with E-state index in [0.717, 1.165) is 11.3 Å². The summed E-state index contributed by atoms with van der Waals surface area (Å²) in [7, 11) is 1.66. The molecular weight excluding hydrogens is 190 g/mol. The van der Waals surface area contributed by atoms with Crippen LogP contribution < -0.4 is 10.5 Å². The third-order valence-corrected chi connectivity index (χ3v) is 2.14. The van der Waals surface area contributed by atoms with Gasteiger partial charge in [0, 0.05) is 18.7 Å². The quantitative estimate of drug-likeness (QED) is 0.807. The van der Waals surface area contributed by atoms with Gasteiger partial charge in [0.1, 0.15) is 11.9 Å². The molecule has 0 spiro atoms. The summed E-state index contributed by atoms with van der Waals surface area (Å²) in [6.07, 6.45) is 0.0369. The number of hydrogen-bond acceptors (Lipinski definition) is 3. The highest BCUT2D eigenvalue weighted by Gasteiger charge is 2.10. The Morgan fingerprint density at radius 1 is 1.27 bits per heavy atom. The highest BCUT2D eigenvalue weighted by molar-refractivity contribution is 5.35. The summed E-state index contributed by atoms with van der Waals surface area (Å²) in [5.41, 5.74) is 6.88. The van der Waals surface area contributed by atoms with Crippen molar-refractivity contribution in [3.8, 4) is 5.75 Å². The van der Waals surface area contributed by atoms with Crippen LogP contribution in [0.3, 0.4) is 0 Å². The van der Waals surface area contributed by atoms with Crippen LogP contribution in [0.25, 0.3) is 0 Å². The topological polar surface area (TPSA) is 44.5 Å². The van der Waals surface area contributed by atoms with Gasteiger partial charge in [-0.2, -0.15) is 0 Å². The van der Waals surface area contributed by atoms with E-state index in [2.05, 4.69) is 0 Å². The average molecular weight is 209 g/mol. The monoisotopic (exact) mass is 209 g/mol. The molecule has 0 aromatic heterocycles. The third kappa shape index (κ3) is 3.53. The van der Waals surface area contributed by atoms with E-state index in [1.54, 1.807) is 7.11 Å². The van der Waals surface area contributed by atoms with Gasteiger partial charge < -0.3 is 15.2 Å². The van der Waals surface area contributed by atoms with Gasteiger partial charge in [0.15, 0.2) is 0 Å². The number of hydrogen-bond donors (Lipinski definition) is 1. The maximum Gasteiger partial charge on any atom is 0.124 e. The molecule has 0 radical (unpaired) electrons. The van der Waals surface area contributed by atoms with Crippen molar-refractivity contribution in [1.82, 2.24) is 0 Å². The zero-order chi connectivity index (χ0) is 11.3. The van der Waals surface area contributed by atoms with Gasteiger partial charge in [-0.05, 0) is 19.9 Å². The van der Waals surface area contributed by atoms with Crippen molar-refractivity contribution in [1.29, 1.82) is 0 Å². The molecule has 0 aliphatic rings. The fourth-order valence-corrected chi connectivity index (χ4v) is 1.45. The summed E-state index contributed by atoms with van der Waals surface area (Å²) in [4.78, 5) is 0. The minimum Gasteiger partial charge on any atom is -0.488 e. The first kappa shape index (κ1) is 12.0. The maximum atomic E-state index is 5.85. The second-order valence-corrected chi connectivity index (χ2v) is 3.71. The van der Waals surface area contributed by atoms with Gasteiger partial charge in [0.05, 0.1) is 6.61 Å². The number of rotatable bonds is 5. The fourth-order valence-electron chi connectivity index (χ4n) is 1.45. The fraction of sp³-hybridized carbons (Fsp3) is 0.500. The number of methoxy groups -OCH3 is 1. The standard InChI is InChI=1S/C12H19NO2/c1-9(8-14-3)15-12-7-5-4-6-11(12)10(2)13/h4-7,9-10H,8,13H2,1-3H3/t9?,10-/m1/s1. The second kappa shape index (κ2) is 5.73. The predicted octanol–water partition coefficient (Wildman–Crippen LogP) is 2.12. The molecule has 3 heteroatoms. The van der Waals surface area contributed by atoms with Crippen LogP contribution in [0.5, 0.6) is 5.75 Å². The van der Waals surface area contributed by atoms with E-state index in [1.165, 1.54) is 0 Å². The average Bonchev–Trinajstić information content (AvgIpc) is 2.18. The molecule has 0 fully saturated rings. The molecule has 15 heavy (non-hydrogen) atoms. The number of ether oxygens (including phenoxy) is 2. The van der Waals surface area contributed by atoms with Gasteiger partial charge in [0.2, 0.25) is 0 Å². The number of benzene rings is 1. The molecule has 1 unspecified atom stereocenters. The lowest BCUT2D eigenvalue weighted by atomic mass is 10.1. The van der Waals surface area contributed by atoms with Gasteiger partial charge in [-0.15, -0.1) is 0 Å². The zero-order valence-electron chi connectivity index (χ0n) is 9.57. The van der Waals surface area contributed by atoms with E-state index in [9.17, 15) is 0 Å². The summed E-state index contributed by atoms with van der Waals surface area (Å²) in [5.74, 6) is 0.844. The molecule has 0 aliphatic carbocycles. The van der Waals surface area contributed by atoms with Crippen LogP contribution in [0, 0.1) is 0 Å². The van der Waals surface area contributed by atoms with E-state index in [0.29, 0.717) is 6.61 Å². The minimum atomic E-state index is -0.0176. The summed E-state index contributed by atoms with van der Waals surface area (Å²) in [6.45, 7) is 4.50. The van der Waals surface area contributed by atoms with Crippen LogP contribution in [0.1, 0.15) is 25.5 Å². The van der Waals surface area contributed by atoms with Crippen molar-refractivity contribution >= 4 is 0 Å². The molecule has 0 aliphatic heterocycles. The lowest BCUT2D eigenvalue weighted by Crippen LogP contribution is -2.19. The van der Waals surface area contributed by atoms with E-state index in [4.69, 9.17) is 15.2 Å². The smallest absolute Gasteiger partial charge is 0.124 e. The number of para-hydroxylation sites is 1. The molecule has 1 aromatic carbocycles. The van der Waals surface area contributed by atoms with Gasteiger partial charge in [-0.3, -0.25) is 0 Å². The molecule has 2 N–H and O–H groups in total. The summed E-state index contributed by atoms with van der Waals surface area (Å²) in [5, 5.41) is 0. The Labute approximate surface area is 91.2 Å². The molecule has 0 amide bonds. The Morgan fingerprint density at radius 2 is 1.93 bits per heavy atom. The molecule has 0 bridgehead atoms. The summed E-state index contributed by atoms with van der Waals surface area (Å²) in [6, 6.07) is 7.81. The SMILES string of the molecule is COCC(C)Oc1ccccc1[C@@H](C)N. The highest BCUT2D eigenvalue weighted by Crippen LogP contribution is 2.24. The van der Waals surface area contributed by atoms with Crippen molar-refractivity contribution in [2.45, 2.75) is 26.0 Å². The summed E-state index contributed by atoms with van der Waals surface area (Å²) < 4.78 is 10.8. The first-order valence-electron chi connectivity index (χ1n) is 5.15. The van der Waals surface area contributed by atoms with Crippen LogP contribution >= 0.6 is 0 Å². The lowest BCUT2D eigenvalue weighted by molar-refractivity contribution is 0.0912. The van der Waals surface area contributed by atoms with Crippen LogP contribution in [0.15, 0.2) is 24.3 Å². The van der Waals surface area contributed by atoms with E-state index < -0.39 is 0 Å². The molecule has 84 valence electrons. The van der Waals surface area contributed by atoms with Crippen LogP contribution in [0.2, 0.25) is 0 Å². The molecule has 0 saturated heterocycles. The highest BCUT2D eigenvalue weighted by atomic mass is 16.5. The van der Waals surface area contributed by atoms with Gasteiger partial charge in [0.25, 0.3) is 0 Å². The van der Waals surface area contributed by atoms with E-state index >= 15 is 0 Å². The first-order valence-corrected chi connectivity index (χ1v) is 5.15. The van der Waals surface area contributed by atoms with Crippen molar-refractivity contribution in [3.05, 3.63) is 29.8 Å². The Balaban J connectivity index is 2.75. The minimum absolute atomic E-state index is 0.0176. The van der Waals surface area contributed by atoms with Gasteiger partial charge in [-0.25, -0.2) is 0 Å². The van der Waals surface area contributed by atoms with Gasteiger partial charge in [-0.1, -0.05) is 18.2 Å². The van der Waals surface area contributed by atoms with Crippen molar-refractivity contribution in [2.75, 3.05) is 13.7 Å². The zero-order valence-corrected chi connectivity index (χ0v) is 9.57. The van der Waals surface area contributed by atoms with Crippen LogP contribution in [-0.4, -0.2) is 19.8 Å². The van der Waals surface area contributed by atoms with Crippen LogP contribution in [0.4, 0.5) is 0 Å². The van der Waals surface area contributed by atoms with Crippen molar-refractivity contribution in [2.24, 2.45) is 5.73 Å². The molecule has 3 nitrogen and oxygen atoms in total.